The average Bonchev–Trinajstić information content (AvgIpc) is 2.68. The van der Waals surface area contributed by atoms with Crippen LogP contribution in [0.4, 0.5) is 4.39 Å². The van der Waals surface area contributed by atoms with Gasteiger partial charge in [0.05, 0.1) is 24.6 Å². The molecule has 1 atom stereocenters. The van der Waals surface area contributed by atoms with Crippen LogP contribution in [0.15, 0.2) is 48.5 Å². The number of aliphatic carboxylic acids is 1. The van der Waals surface area contributed by atoms with Crippen molar-refractivity contribution < 1.29 is 28.6 Å². The fraction of sp³-hybridized carbons (Fsp3) is 0.250. The Morgan fingerprint density at radius 1 is 1.07 bits per heavy atom. The van der Waals surface area contributed by atoms with Gasteiger partial charge in [0.15, 0.2) is 0 Å². The van der Waals surface area contributed by atoms with Crippen molar-refractivity contribution in [3.05, 3.63) is 65.5 Å². The van der Waals surface area contributed by atoms with Crippen molar-refractivity contribution in [3.63, 3.8) is 0 Å². The summed E-state index contributed by atoms with van der Waals surface area (Å²) in [6.07, 6.45) is 0. The summed E-state index contributed by atoms with van der Waals surface area (Å²) < 4.78 is 18.4. The Balaban J connectivity index is 1.90. The molecule has 0 saturated heterocycles. The van der Waals surface area contributed by atoms with Crippen molar-refractivity contribution in [1.82, 2.24) is 10.6 Å². The maximum atomic E-state index is 13.0. The Hall–Kier alpha value is -3.42. The summed E-state index contributed by atoms with van der Waals surface area (Å²) in [5.41, 5.74) is 0.663. The molecule has 0 bridgehead atoms. The van der Waals surface area contributed by atoms with Crippen LogP contribution in [-0.2, 0) is 9.59 Å². The molecule has 0 radical (unpaired) electrons. The second kappa shape index (κ2) is 10.1. The highest BCUT2D eigenvalue weighted by atomic mass is 19.1. The second-order valence-corrected chi connectivity index (χ2v) is 5.86. The van der Waals surface area contributed by atoms with Crippen LogP contribution in [0.1, 0.15) is 28.8 Å². The third-order valence-corrected chi connectivity index (χ3v) is 3.91. The number of hydrogen-bond donors (Lipinski definition) is 3. The number of amides is 2. The molecule has 2 amide bonds. The Kier molecular flexibility index (Phi) is 7.50. The number of carbonyl (C=O) groups excluding carboxylic acids is 2. The molecule has 3 N–H and O–H groups in total. The standard InChI is InChI=1S/C20H21FN2O5/c1-2-28-17-6-4-3-5-15(17)19(25)23-12-18(24)22-11-16(20(26)27)13-7-9-14(21)10-8-13/h3-10,16H,2,11-12H2,1H3,(H,22,24)(H,23,25)(H,26,27). The van der Waals surface area contributed by atoms with Gasteiger partial charge in [0.2, 0.25) is 5.91 Å². The Bertz CT molecular complexity index is 839. The number of para-hydroxylation sites is 1. The van der Waals surface area contributed by atoms with Crippen LogP contribution < -0.4 is 15.4 Å². The van der Waals surface area contributed by atoms with E-state index in [9.17, 15) is 23.9 Å². The largest absolute Gasteiger partial charge is 0.493 e. The van der Waals surface area contributed by atoms with E-state index >= 15 is 0 Å². The van der Waals surface area contributed by atoms with Gasteiger partial charge in [-0.15, -0.1) is 0 Å². The van der Waals surface area contributed by atoms with Gasteiger partial charge in [0, 0.05) is 6.54 Å². The summed E-state index contributed by atoms with van der Waals surface area (Å²) in [6, 6.07) is 11.7. The molecule has 2 aromatic rings. The van der Waals surface area contributed by atoms with Crippen LogP contribution in [0.3, 0.4) is 0 Å². The van der Waals surface area contributed by atoms with Crippen molar-refractivity contribution in [1.29, 1.82) is 0 Å². The molecule has 1 unspecified atom stereocenters. The SMILES string of the molecule is CCOc1ccccc1C(=O)NCC(=O)NCC(C(=O)O)c1ccc(F)cc1. The van der Waals surface area contributed by atoms with Crippen LogP contribution in [0, 0.1) is 5.82 Å². The maximum absolute atomic E-state index is 13.0. The first-order chi connectivity index (χ1) is 13.4. The molecule has 0 heterocycles. The van der Waals surface area contributed by atoms with Gasteiger partial charge < -0.3 is 20.5 Å². The fourth-order valence-corrected chi connectivity index (χ4v) is 2.51. The molecule has 28 heavy (non-hydrogen) atoms. The molecule has 2 rings (SSSR count). The monoisotopic (exact) mass is 388 g/mol. The van der Waals surface area contributed by atoms with Gasteiger partial charge in [0.1, 0.15) is 11.6 Å². The highest BCUT2D eigenvalue weighted by Crippen LogP contribution is 2.18. The molecule has 0 aliphatic carbocycles. The van der Waals surface area contributed by atoms with E-state index in [4.69, 9.17) is 4.74 Å². The minimum Gasteiger partial charge on any atom is -0.493 e. The van der Waals surface area contributed by atoms with Gasteiger partial charge >= 0.3 is 5.97 Å². The van der Waals surface area contributed by atoms with Crippen molar-refractivity contribution in [2.75, 3.05) is 19.7 Å². The highest BCUT2D eigenvalue weighted by Gasteiger charge is 2.21. The zero-order chi connectivity index (χ0) is 20.5. The first kappa shape index (κ1) is 20.9. The molecule has 0 fully saturated rings. The fourth-order valence-electron chi connectivity index (χ4n) is 2.51. The van der Waals surface area contributed by atoms with Gasteiger partial charge in [-0.3, -0.25) is 14.4 Å². The van der Waals surface area contributed by atoms with Crippen molar-refractivity contribution >= 4 is 17.8 Å². The van der Waals surface area contributed by atoms with E-state index in [0.717, 1.165) is 12.1 Å². The van der Waals surface area contributed by atoms with Crippen molar-refractivity contribution in [2.45, 2.75) is 12.8 Å². The lowest BCUT2D eigenvalue weighted by atomic mass is 9.99. The molecular formula is C20H21FN2O5. The third kappa shape index (κ3) is 5.80. The minimum atomic E-state index is -1.15. The molecule has 0 saturated carbocycles. The molecule has 0 aliphatic heterocycles. The molecule has 0 aromatic heterocycles. The first-order valence-corrected chi connectivity index (χ1v) is 8.67. The van der Waals surface area contributed by atoms with E-state index in [1.54, 1.807) is 31.2 Å². The molecule has 148 valence electrons. The summed E-state index contributed by atoms with van der Waals surface area (Å²) in [5, 5.41) is 14.3. The predicted molar refractivity (Wildman–Crippen MR) is 99.7 cm³/mol. The smallest absolute Gasteiger partial charge is 0.312 e. The normalized spacial score (nSPS) is 11.4. The molecule has 0 aliphatic rings. The number of carboxylic acid groups (broad SMARTS) is 1. The van der Waals surface area contributed by atoms with Crippen LogP contribution in [0.5, 0.6) is 5.75 Å². The van der Waals surface area contributed by atoms with E-state index in [1.165, 1.54) is 12.1 Å². The van der Waals surface area contributed by atoms with Gasteiger partial charge in [-0.25, -0.2) is 4.39 Å². The summed E-state index contributed by atoms with van der Waals surface area (Å²) in [7, 11) is 0. The van der Waals surface area contributed by atoms with Gasteiger partial charge in [-0.1, -0.05) is 24.3 Å². The Labute approximate surface area is 161 Å². The number of hydrogen-bond acceptors (Lipinski definition) is 4. The summed E-state index contributed by atoms with van der Waals surface area (Å²) in [6.45, 7) is 1.67. The van der Waals surface area contributed by atoms with Crippen LogP contribution in [-0.4, -0.2) is 42.6 Å². The van der Waals surface area contributed by atoms with Crippen LogP contribution in [0.25, 0.3) is 0 Å². The van der Waals surface area contributed by atoms with E-state index in [-0.39, 0.29) is 13.1 Å². The van der Waals surface area contributed by atoms with E-state index in [0.29, 0.717) is 23.5 Å². The van der Waals surface area contributed by atoms with Crippen molar-refractivity contribution in [3.8, 4) is 5.75 Å². The number of carboxylic acids is 1. The van der Waals surface area contributed by atoms with Gasteiger partial charge in [0.25, 0.3) is 5.91 Å². The van der Waals surface area contributed by atoms with Crippen LogP contribution >= 0.6 is 0 Å². The molecular weight excluding hydrogens is 367 g/mol. The number of carbonyl (C=O) groups is 3. The number of nitrogens with one attached hydrogen (secondary N) is 2. The topological polar surface area (TPSA) is 105 Å². The van der Waals surface area contributed by atoms with Crippen molar-refractivity contribution in [2.24, 2.45) is 0 Å². The lowest BCUT2D eigenvalue weighted by Gasteiger charge is -2.14. The average molecular weight is 388 g/mol. The number of rotatable bonds is 9. The van der Waals surface area contributed by atoms with Crippen LogP contribution in [0.2, 0.25) is 0 Å². The van der Waals surface area contributed by atoms with E-state index in [2.05, 4.69) is 10.6 Å². The number of ether oxygens (including phenoxy) is 1. The van der Waals surface area contributed by atoms with Gasteiger partial charge in [-0.05, 0) is 36.8 Å². The highest BCUT2D eigenvalue weighted by molar-refractivity contribution is 5.98. The quantitative estimate of drug-likeness (QED) is 0.609. The zero-order valence-electron chi connectivity index (χ0n) is 15.3. The zero-order valence-corrected chi connectivity index (χ0v) is 15.3. The van der Waals surface area contributed by atoms with E-state index < -0.39 is 29.5 Å². The Morgan fingerprint density at radius 3 is 2.39 bits per heavy atom. The first-order valence-electron chi connectivity index (χ1n) is 8.67. The lowest BCUT2D eigenvalue weighted by Crippen LogP contribution is -2.39. The lowest BCUT2D eigenvalue weighted by molar-refractivity contribution is -0.138. The third-order valence-electron chi connectivity index (χ3n) is 3.91. The second-order valence-electron chi connectivity index (χ2n) is 5.86. The minimum absolute atomic E-state index is 0.189. The summed E-state index contributed by atoms with van der Waals surface area (Å²) in [4.78, 5) is 35.7. The molecule has 7 nitrogen and oxygen atoms in total. The summed E-state index contributed by atoms with van der Waals surface area (Å²) in [5.74, 6) is -3.28. The predicted octanol–water partition coefficient (Wildman–Crippen LogP) is 1.94. The Morgan fingerprint density at radius 2 is 1.75 bits per heavy atom. The summed E-state index contributed by atoms with van der Waals surface area (Å²) >= 11 is 0. The molecule has 2 aromatic carbocycles. The molecule has 8 heteroatoms. The molecule has 0 spiro atoms. The maximum Gasteiger partial charge on any atom is 0.312 e. The van der Waals surface area contributed by atoms with Gasteiger partial charge in [-0.2, -0.15) is 0 Å². The number of benzene rings is 2. The van der Waals surface area contributed by atoms with E-state index in [1.807, 2.05) is 0 Å². The number of halogens is 1.